The van der Waals surface area contributed by atoms with E-state index in [0.717, 1.165) is 6.26 Å². The third-order valence-electron chi connectivity index (χ3n) is 2.52. The molecule has 17 heavy (non-hydrogen) atoms. The van der Waals surface area contributed by atoms with Crippen LogP contribution in [0.15, 0.2) is 23.5 Å². The van der Waals surface area contributed by atoms with Gasteiger partial charge >= 0.3 is 11.9 Å². The van der Waals surface area contributed by atoms with E-state index in [4.69, 9.17) is 9.84 Å². The second-order valence-electron chi connectivity index (χ2n) is 3.49. The number of carboxylic acid groups (broad SMARTS) is 1. The van der Waals surface area contributed by atoms with Crippen LogP contribution >= 0.6 is 0 Å². The molecular weight excluding hydrogens is 228 g/mol. The van der Waals surface area contributed by atoms with Gasteiger partial charge in [0.15, 0.2) is 0 Å². The molecule has 0 fully saturated rings. The van der Waals surface area contributed by atoms with Crippen molar-refractivity contribution in [2.75, 3.05) is 7.11 Å². The summed E-state index contributed by atoms with van der Waals surface area (Å²) >= 11 is 0. The lowest BCUT2D eigenvalue weighted by molar-refractivity contribution is -0.139. The number of carbonyl (C=O) groups is 2. The molecule has 0 radical (unpaired) electrons. The Morgan fingerprint density at radius 3 is 2.71 bits per heavy atom. The van der Waals surface area contributed by atoms with E-state index in [0.29, 0.717) is 5.57 Å². The minimum Gasteiger partial charge on any atom is -0.481 e. The van der Waals surface area contributed by atoms with E-state index >= 15 is 0 Å². The Morgan fingerprint density at radius 1 is 1.59 bits per heavy atom. The molecular formula is C11H14O6. The molecule has 2 N–H and O–H groups in total. The first-order chi connectivity index (χ1) is 8.01. The highest BCUT2D eigenvalue weighted by molar-refractivity contribution is 5.90. The molecule has 6 nitrogen and oxygen atoms in total. The number of aliphatic hydroxyl groups is 1. The van der Waals surface area contributed by atoms with E-state index in [2.05, 4.69) is 4.74 Å². The lowest BCUT2D eigenvalue weighted by atomic mass is 9.86. The van der Waals surface area contributed by atoms with Gasteiger partial charge in [-0.3, -0.25) is 4.79 Å². The number of carboxylic acids is 1. The van der Waals surface area contributed by atoms with Gasteiger partial charge in [0.2, 0.25) is 6.29 Å². The molecule has 0 bridgehead atoms. The number of aliphatic carboxylic acids is 1. The second-order valence-corrected chi connectivity index (χ2v) is 3.49. The number of hydrogen-bond donors (Lipinski definition) is 2. The third kappa shape index (κ3) is 2.85. The Kier molecular flexibility index (Phi) is 4.28. The average Bonchev–Trinajstić information content (AvgIpc) is 2.28. The Hall–Kier alpha value is -1.82. The van der Waals surface area contributed by atoms with Crippen LogP contribution in [0.5, 0.6) is 0 Å². The van der Waals surface area contributed by atoms with Crippen molar-refractivity contribution in [1.29, 1.82) is 0 Å². The highest BCUT2D eigenvalue weighted by atomic mass is 16.6. The van der Waals surface area contributed by atoms with Crippen molar-refractivity contribution < 1.29 is 29.3 Å². The van der Waals surface area contributed by atoms with Crippen molar-refractivity contribution in [1.82, 2.24) is 0 Å². The highest BCUT2D eigenvalue weighted by Gasteiger charge is 2.35. The molecule has 2 atom stereocenters. The molecule has 1 aliphatic rings. The van der Waals surface area contributed by atoms with Gasteiger partial charge in [-0.25, -0.2) is 4.79 Å². The van der Waals surface area contributed by atoms with Crippen LogP contribution in [-0.2, 0) is 19.1 Å². The van der Waals surface area contributed by atoms with Gasteiger partial charge in [0.25, 0.3) is 0 Å². The maximum absolute atomic E-state index is 11.5. The maximum atomic E-state index is 11.5. The Labute approximate surface area is 98.1 Å². The minimum absolute atomic E-state index is 0.0910. The third-order valence-corrected chi connectivity index (χ3v) is 2.52. The average molecular weight is 242 g/mol. The highest BCUT2D eigenvalue weighted by Crippen LogP contribution is 2.32. The lowest BCUT2D eigenvalue weighted by Crippen LogP contribution is -2.30. The summed E-state index contributed by atoms with van der Waals surface area (Å²) in [7, 11) is 1.20. The molecule has 0 aromatic rings. The summed E-state index contributed by atoms with van der Waals surface area (Å²) in [6, 6.07) is 0. The first-order valence-corrected chi connectivity index (χ1v) is 5.01. The number of hydrogen-bond acceptors (Lipinski definition) is 5. The molecule has 6 heteroatoms. The minimum atomic E-state index is -1.22. The van der Waals surface area contributed by atoms with Gasteiger partial charge in [-0.1, -0.05) is 6.08 Å². The summed E-state index contributed by atoms with van der Waals surface area (Å²) in [6.45, 7) is 1.64. The van der Waals surface area contributed by atoms with E-state index < -0.39 is 24.1 Å². The Balaban J connectivity index is 3.09. The largest absolute Gasteiger partial charge is 0.481 e. The van der Waals surface area contributed by atoms with Gasteiger partial charge in [0.1, 0.15) is 0 Å². The number of rotatable bonds is 3. The molecule has 0 saturated heterocycles. The summed E-state index contributed by atoms with van der Waals surface area (Å²) in [5, 5.41) is 18.4. The van der Waals surface area contributed by atoms with E-state index in [-0.39, 0.29) is 12.0 Å². The zero-order valence-corrected chi connectivity index (χ0v) is 9.54. The molecule has 0 amide bonds. The molecule has 1 heterocycles. The van der Waals surface area contributed by atoms with Crippen molar-refractivity contribution in [3.05, 3.63) is 23.5 Å². The van der Waals surface area contributed by atoms with Crippen LogP contribution in [0.1, 0.15) is 13.3 Å². The maximum Gasteiger partial charge on any atom is 0.337 e. The fourth-order valence-electron chi connectivity index (χ4n) is 1.70. The number of methoxy groups -OCH3 is 1. The van der Waals surface area contributed by atoms with Crippen LogP contribution in [0.4, 0.5) is 0 Å². The van der Waals surface area contributed by atoms with Crippen LogP contribution in [0.25, 0.3) is 0 Å². The molecule has 1 rings (SSSR count). The topological polar surface area (TPSA) is 93.1 Å². The molecule has 1 aliphatic heterocycles. The predicted molar refractivity (Wildman–Crippen MR) is 56.7 cm³/mol. The van der Waals surface area contributed by atoms with Gasteiger partial charge < -0.3 is 19.7 Å². The van der Waals surface area contributed by atoms with E-state index in [1.54, 1.807) is 6.92 Å². The van der Waals surface area contributed by atoms with Crippen LogP contribution in [-0.4, -0.2) is 35.6 Å². The van der Waals surface area contributed by atoms with Crippen LogP contribution in [0, 0.1) is 5.92 Å². The number of aliphatic hydroxyl groups excluding tert-OH is 1. The predicted octanol–water partition coefficient (Wildman–Crippen LogP) is 0.429. The van der Waals surface area contributed by atoms with Gasteiger partial charge in [0.05, 0.1) is 25.4 Å². The van der Waals surface area contributed by atoms with E-state index in [9.17, 15) is 14.7 Å². The summed E-state index contributed by atoms with van der Waals surface area (Å²) < 4.78 is 9.40. The van der Waals surface area contributed by atoms with Crippen molar-refractivity contribution in [3.8, 4) is 0 Å². The first-order valence-electron chi connectivity index (χ1n) is 5.01. The molecule has 0 aliphatic carbocycles. The molecule has 0 aromatic heterocycles. The second kappa shape index (κ2) is 5.49. The Morgan fingerprint density at radius 2 is 2.24 bits per heavy atom. The zero-order valence-electron chi connectivity index (χ0n) is 9.54. The van der Waals surface area contributed by atoms with Crippen LogP contribution in [0.3, 0.4) is 0 Å². The summed E-state index contributed by atoms with van der Waals surface area (Å²) in [5.74, 6) is -2.46. The molecule has 0 spiro atoms. The monoisotopic (exact) mass is 242 g/mol. The molecule has 2 unspecified atom stereocenters. The Bertz CT molecular complexity index is 381. The summed E-state index contributed by atoms with van der Waals surface area (Å²) in [4.78, 5) is 22.2. The fraction of sp³-hybridized carbons (Fsp3) is 0.455. The van der Waals surface area contributed by atoms with Crippen molar-refractivity contribution in [3.63, 3.8) is 0 Å². The van der Waals surface area contributed by atoms with E-state index in [1.807, 2.05) is 0 Å². The van der Waals surface area contributed by atoms with Crippen molar-refractivity contribution >= 4 is 11.9 Å². The van der Waals surface area contributed by atoms with Gasteiger partial charge in [-0.05, 0) is 6.92 Å². The van der Waals surface area contributed by atoms with Gasteiger partial charge in [-0.15, -0.1) is 0 Å². The summed E-state index contributed by atoms with van der Waals surface area (Å²) in [5.41, 5.74) is 0.434. The fourth-order valence-corrected chi connectivity index (χ4v) is 1.70. The smallest absolute Gasteiger partial charge is 0.337 e. The number of carbonyl (C=O) groups excluding carboxylic acids is 1. The normalized spacial score (nSPS) is 26.1. The number of ether oxygens (including phenoxy) is 2. The number of esters is 1. The van der Waals surface area contributed by atoms with Crippen molar-refractivity contribution in [2.24, 2.45) is 5.92 Å². The van der Waals surface area contributed by atoms with Gasteiger partial charge in [-0.2, -0.15) is 0 Å². The quantitative estimate of drug-likeness (QED) is 0.550. The van der Waals surface area contributed by atoms with Crippen LogP contribution in [0.2, 0.25) is 0 Å². The number of allylic oxidation sites excluding steroid dienone is 1. The lowest BCUT2D eigenvalue weighted by Gasteiger charge is -2.28. The zero-order chi connectivity index (χ0) is 13.0. The van der Waals surface area contributed by atoms with Gasteiger partial charge in [0, 0.05) is 11.5 Å². The summed E-state index contributed by atoms with van der Waals surface area (Å²) in [6.07, 6.45) is 1.06. The first kappa shape index (κ1) is 13.2. The van der Waals surface area contributed by atoms with Crippen LogP contribution < -0.4 is 0 Å². The van der Waals surface area contributed by atoms with Crippen molar-refractivity contribution in [2.45, 2.75) is 19.6 Å². The SMILES string of the molecule is CC=C1C(O)OC=C(C(=O)OC)C1CC(=O)O. The molecule has 0 saturated carbocycles. The molecule has 94 valence electrons. The molecule has 0 aromatic carbocycles. The van der Waals surface area contributed by atoms with E-state index in [1.165, 1.54) is 13.2 Å². The standard InChI is InChI=1S/C11H14O6/c1-3-6-7(4-9(12)13)8(10(14)16-2)5-17-11(6)15/h3,5,7,11,15H,4H2,1-2H3,(H,12,13).